The Hall–Kier alpha value is -1.55. The highest BCUT2D eigenvalue weighted by molar-refractivity contribution is 7.99. The van der Waals surface area contributed by atoms with Crippen LogP contribution in [0.15, 0.2) is 29.2 Å². The van der Waals surface area contributed by atoms with Crippen molar-refractivity contribution >= 4 is 23.4 Å². The number of amides is 1. The van der Waals surface area contributed by atoms with Gasteiger partial charge < -0.3 is 15.1 Å². The molecule has 1 fully saturated rings. The highest BCUT2D eigenvalue weighted by Gasteiger charge is 2.22. The van der Waals surface area contributed by atoms with Gasteiger partial charge >= 0.3 is 0 Å². The molecule has 0 saturated carbocycles. The number of benzene rings is 1. The topological polar surface area (TPSA) is 61.8 Å². The monoisotopic (exact) mass is 306 g/mol. The van der Waals surface area contributed by atoms with Crippen LogP contribution in [0.4, 0.5) is 5.69 Å². The number of carbonyl (C=O) groups is 1. The first kappa shape index (κ1) is 15.8. The summed E-state index contributed by atoms with van der Waals surface area (Å²) in [6.45, 7) is 4.85. The van der Waals surface area contributed by atoms with E-state index in [1.165, 1.54) is 21.6 Å². The summed E-state index contributed by atoms with van der Waals surface area (Å²) in [5, 5.41) is 11.7. The van der Waals surface area contributed by atoms with Crippen molar-refractivity contribution in [2.75, 3.05) is 50.8 Å². The third-order valence-corrected chi connectivity index (χ3v) is 4.62. The van der Waals surface area contributed by atoms with Gasteiger partial charge in [0.1, 0.15) is 26.2 Å². The first-order valence-electron chi connectivity index (χ1n) is 7.22. The molecule has 1 aromatic carbocycles. The summed E-state index contributed by atoms with van der Waals surface area (Å²) in [5.41, 5.74) is 0.807. The predicted molar refractivity (Wildman–Crippen MR) is 83.6 cm³/mol. The molecule has 0 radical (unpaired) electrons. The fraction of sp³-hybridized carbons (Fsp3) is 0.467. The summed E-state index contributed by atoms with van der Waals surface area (Å²) in [4.78, 5) is 16.0. The zero-order valence-electron chi connectivity index (χ0n) is 12.3. The van der Waals surface area contributed by atoms with E-state index in [1.54, 1.807) is 0 Å². The van der Waals surface area contributed by atoms with E-state index in [4.69, 9.17) is 5.26 Å². The molecule has 0 bridgehead atoms. The van der Waals surface area contributed by atoms with Crippen molar-refractivity contribution < 1.29 is 14.6 Å². The van der Waals surface area contributed by atoms with Gasteiger partial charge in [0.05, 0.1) is 24.6 Å². The van der Waals surface area contributed by atoms with E-state index in [2.05, 4.69) is 18.4 Å². The van der Waals surface area contributed by atoms with E-state index in [9.17, 15) is 4.79 Å². The third-order valence-electron chi connectivity index (χ3n) is 3.67. The number of carbonyl (C=O) groups excluding carboxylic acids is 1. The maximum Gasteiger partial charge on any atom is 0.279 e. The number of nitrogens with one attached hydrogen (secondary N) is 3. The lowest BCUT2D eigenvalue weighted by Gasteiger charge is -2.26. The van der Waals surface area contributed by atoms with E-state index in [1.807, 2.05) is 24.3 Å². The van der Waals surface area contributed by atoms with Gasteiger partial charge in [0.2, 0.25) is 0 Å². The average Bonchev–Trinajstić information content (AvgIpc) is 2.49. The smallest absolute Gasteiger partial charge is 0.279 e. The Kier molecular flexibility index (Phi) is 6.05. The van der Waals surface area contributed by atoms with Gasteiger partial charge in [-0.2, -0.15) is 5.26 Å². The summed E-state index contributed by atoms with van der Waals surface area (Å²) in [5.74, 6) is 0.439. The maximum absolute atomic E-state index is 12.2. The van der Waals surface area contributed by atoms with Crippen LogP contribution in [0, 0.1) is 11.3 Å². The molecule has 0 atom stereocenters. The molecule has 0 spiro atoms. The molecule has 0 unspecified atom stereocenters. The molecule has 1 aromatic rings. The summed E-state index contributed by atoms with van der Waals surface area (Å²) in [6, 6.07) is 9.76. The highest BCUT2D eigenvalue weighted by atomic mass is 32.2. The van der Waals surface area contributed by atoms with Crippen molar-refractivity contribution in [1.82, 2.24) is 0 Å². The molecule has 5 nitrogen and oxygen atoms in total. The molecule has 1 saturated heterocycles. The molecule has 2 rings (SSSR count). The van der Waals surface area contributed by atoms with Gasteiger partial charge in [0.25, 0.3) is 5.91 Å². The molecular weight excluding hydrogens is 284 g/mol. The number of thioether (sulfide) groups is 1. The molecule has 6 heteroatoms. The summed E-state index contributed by atoms with van der Waals surface area (Å²) >= 11 is 1.45. The van der Waals surface area contributed by atoms with Gasteiger partial charge in [-0.3, -0.25) is 4.79 Å². The van der Waals surface area contributed by atoms with Gasteiger partial charge in [0.15, 0.2) is 6.54 Å². The second-order valence-electron chi connectivity index (χ2n) is 5.38. The lowest BCUT2D eigenvalue weighted by molar-refractivity contribution is -0.999. The number of nitriles is 1. The van der Waals surface area contributed by atoms with Gasteiger partial charge in [-0.05, 0) is 12.1 Å². The second kappa shape index (κ2) is 8.03. The largest absolute Gasteiger partial charge is 0.328 e. The van der Waals surface area contributed by atoms with E-state index >= 15 is 0 Å². The summed E-state index contributed by atoms with van der Waals surface area (Å²) in [6.07, 6.45) is 0. The maximum atomic E-state index is 12.2. The zero-order chi connectivity index (χ0) is 15.1. The minimum Gasteiger partial charge on any atom is -0.328 e. The van der Waals surface area contributed by atoms with Crippen LogP contribution in [0.5, 0.6) is 0 Å². The van der Waals surface area contributed by atoms with E-state index in [0.29, 0.717) is 12.3 Å². The number of piperazine rings is 1. The molecule has 3 N–H and O–H groups in total. The van der Waals surface area contributed by atoms with Gasteiger partial charge in [0, 0.05) is 4.90 Å². The van der Waals surface area contributed by atoms with Crippen LogP contribution in [0.25, 0.3) is 0 Å². The quantitative estimate of drug-likeness (QED) is 0.590. The Bertz CT molecular complexity index is 521. The number of hydrogen-bond acceptors (Lipinski definition) is 3. The first-order valence-corrected chi connectivity index (χ1v) is 8.21. The second-order valence-corrected chi connectivity index (χ2v) is 6.39. The van der Waals surface area contributed by atoms with Crippen molar-refractivity contribution in [2.24, 2.45) is 0 Å². The lowest BCUT2D eigenvalue weighted by atomic mass is 10.3. The molecule has 21 heavy (non-hydrogen) atoms. The summed E-state index contributed by atoms with van der Waals surface area (Å²) < 4.78 is 0. The van der Waals surface area contributed by atoms with Crippen LogP contribution in [0.2, 0.25) is 0 Å². The fourth-order valence-corrected chi connectivity index (χ4v) is 3.10. The van der Waals surface area contributed by atoms with Crippen LogP contribution in [0.3, 0.4) is 0 Å². The van der Waals surface area contributed by atoms with Crippen LogP contribution < -0.4 is 15.1 Å². The Morgan fingerprint density at radius 3 is 2.76 bits per heavy atom. The Morgan fingerprint density at radius 2 is 2.05 bits per heavy atom. The molecular formula is C15H22N4OS+2. The van der Waals surface area contributed by atoms with Crippen molar-refractivity contribution in [1.29, 1.82) is 5.26 Å². The number of quaternary nitrogens is 2. The minimum absolute atomic E-state index is 0.0505. The molecule has 0 aliphatic carbocycles. The molecule has 1 heterocycles. The third kappa shape index (κ3) is 5.05. The molecule has 1 aliphatic heterocycles. The van der Waals surface area contributed by atoms with Crippen molar-refractivity contribution in [3.8, 4) is 6.07 Å². The van der Waals surface area contributed by atoms with Gasteiger partial charge in [-0.1, -0.05) is 12.1 Å². The standard InChI is InChI=1S/C15H20N4OS/c1-18-7-9-19(10-8-18)12-15(20)17-13-4-2-3-5-14(13)21-11-6-16/h2-5H,7-12H2,1H3,(H,17,20)/p+2. The highest BCUT2D eigenvalue weighted by Crippen LogP contribution is 2.26. The van der Waals surface area contributed by atoms with Crippen molar-refractivity contribution in [3.05, 3.63) is 24.3 Å². The molecule has 1 aliphatic rings. The van der Waals surface area contributed by atoms with E-state index < -0.39 is 0 Å². The number of para-hydroxylation sites is 1. The van der Waals surface area contributed by atoms with Crippen molar-refractivity contribution in [2.45, 2.75) is 4.90 Å². The number of nitrogens with zero attached hydrogens (tertiary/aromatic N) is 1. The van der Waals surface area contributed by atoms with Crippen LogP contribution in [0.1, 0.15) is 0 Å². The molecule has 112 valence electrons. The fourth-order valence-electron chi connectivity index (χ4n) is 2.43. The van der Waals surface area contributed by atoms with E-state index in [-0.39, 0.29) is 5.91 Å². The minimum atomic E-state index is 0.0505. The van der Waals surface area contributed by atoms with Crippen LogP contribution >= 0.6 is 11.8 Å². The molecule has 1 amide bonds. The van der Waals surface area contributed by atoms with Crippen molar-refractivity contribution in [3.63, 3.8) is 0 Å². The van der Waals surface area contributed by atoms with Crippen LogP contribution in [-0.4, -0.2) is 51.4 Å². The van der Waals surface area contributed by atoms with Crippen LogP contribution in [-0.2, 0) is 4.79 Å². The van der Waals surface area contributed by atoms with Gasteiger partial charge in [-0.25, -0.2) is 0 Å². The number of anilines is 1. The molecule has 0 aromatic heterocycles. The average molecular weight is 306 g/mol. The van der Waals surface area contributed by atoms with E-state index in [0.717, 1.165) is 36.8 Å². The number of likely N-dealkylation sites (N-methyl/N-ethyl adjacent to an activating group) is 1. The Balaban J connectivity index is 1.89. The first-order chi connectivity index (χ1) is 10.2. The predicted octanol–water partition coefficient (Wildman–Crippen LogP) is -1.35. The SMILES string of the molecule is C[NH+]1CC[NH+](CC(=O)Nc2ccccc2SCC#N)CC1. The summed E-state index contributed by atoms with van der Waals surface area (Å²) in [7, 11) is 2.19. The zero-order valence-corrected chi connectivity index (χ0v) is 13.1. The van der Waals surface area contributed by atoms with Gasteiger partial charge in [-0.15, -0.1) is 11.8 Å². The Labute approximate surface area is 129 Å². The normalized spacial score (nSPS) is 21.5. The number of hydrogen-bond donors (Lipinski definition) is 3. The number of rotatable bonds is 5. The lowest BCUT2D eigenvalue weighted by Crippen LogP contribution is -3.27. The Morgan fingerprint density at radius 1 is 1.33 bits per heavy atom.